The van der Waals surface area contributed by atoms with Crippen LogP contribution in [0.4, 0.5) is 14.5 Å². The second kappa shape index (κ2) is 8.59. The van der Waals surface area contributed by atoms with E-state index in [9.17, 15) is 18.4 Å². The molecule has 1 fully saturated rings. The van der Waals surface area contributed by atoms with Crippen LogP contribution >= 0.6 is 0 Å². The van der Waals surface area contributed by atoms with Crippen LogP contribution in [0.1, 0.15) is 20.7 Å². The molecule has 0 unspecified atom stereocenters. The van der Waals surface area contributed by atoms with Gasteiger partial charge in [0.2, 0.25) is 0 Å². The SMILES string of the molecule is O=C(Nc1ccccc1C(=O)N1CCOCC1)c1cccc(OC(F)F)c1. The maximum atomic E-state index is 12.7. The zero-order valence-electron chi connectivity index (χ0n) is 14.4. The Bertz CT molecular complexity index is 823. The zero-order chi connectivity index (χ0) is 19.2. The minimum atomic E-state index is -2.98. The Morgan fingerprint density at radius 2 is 1.81 bits per heavy atom. The lowest BCUT2D eigenvalue weighted by molar-refractivity contribution is -0.0498. The number of ether oxygens (including phenoxy) is 2. The van der Waals surface area contributed by atoms with E-state index in [2.05, 4.69) is 10.1 Å². The van der Waals surface area contributed by atoms with E-state index in [-0.39, 0.29) is 17.2 Å². The third-order valence-electron chi connectivity index (χ3n) is 4.03. The van der Waals surface area contributed by atoms with E-state index >= 15 is 0 Å². The Labute approximate surface area is 154 Å². The van der Waals surface area contributed by atoms with Gasteiger partial charge in [0.15, 0.2) is 0 Å². The summed E-state index contributed by atoms with van der Waals surface area (Å²) in [5, 5.41) is 2.67. The highest BCUT2D eigenvalue weighted by atomic mass is 19.3. The van der Waals surface area contributed by atoms with E-state index in [4.69, 9.17) is 4.74 Å². The number of nitrogens with one attached hydrogen (secondary N) is 1. The molecule has 0 aliphatic carbocycles. The van der Waals surface area contributed by atoms with Gasteiger partial charge in [-0.2, -0.15) is 8.78 Å². The van der Waals surface area contributed by atoms with Crippen molar-refractivity contribution >= 4 is 17.5 Å². The number of nitrogens with zero attached hydrogens (tertiary/aromatic N) is 1. The predicted octanol–water partition coefficient (Wildman–Crippen LogP) is 3.01. The van der Waals surface area contributed by atoms with E-state index in [0.717, 1.165) is 0 Å². The highest BCUT2D eigenvalue weighted by molar-refractivity contribution is 6.09. The number of alkyl halides is 2. The maximum Gasteiger partial charge on any atom is 0.387 e. The average Bonchev–Trinajstić information content (AvgIpc) is 2.68. The molecule has 0 aromatic heterocycles. The topological polar surface area (TPSA) is 67.9 Å². The third kappa shape index (κ3) is 4.79. The number of hydrogen-bond acceptors (Lipinski definition) is 4. The molecule has 0 spiro atoms. The first kappa shape index (κ1) is 18.8. The molecule has 0 bridgehead atoms. The smallest absolute Gasteiger partial charge is 0.387 e. The summed E-state index contributed by atoms with van der Waals surface area (Å²) in [6.45, 7) is -1.08. The summed E-state index contributed by atoms with van der Waals surface area (Å²) in [5.74, 6) is -0.851. The zero-order valence-corrected chi connectivity index (χ0v) is 14.4. The van der Waals surface area contributed by atoms with E-state index < -0.39 is 12.5 Å². The Morgan fingerprint density at radius 1 is 1.07 bits per heavy atom. The molecule has 3 rings (SSSR count). The van der Waals surface area contributed by atoms with Gasteiger partial charge >= 0.3 is 6.61 Å². The van der Waals surface area contributed by atoms with Crippen LogP contribution in [0.5, 0.6) is 5.75 Å². The lowest BCUT2D eigenvalue weighted by atomic mass is 10.1. The monoisotopic (exact) mass is 376 g/mol. The first-order chi connectivity index (χ1) is 13.0. The van der Waals surface area contributed by atoms with E-state index in [0.29, 0.717) is 37.6 Å². The van der Waals surface area contributed by atoms with Crippen LogP contribution in [-0.4, -0.2) is 49.6 Å². The predicted molar refractivity (Wildman–Crippen MR) is 94.2 cm³/mol. The molecule has 1 heterocycles. The summed E-state index contributed by atoms with van der Waals surface area (Å²) in [5.41, 5.74) is 0.841. The van der Waals surface area contributed by atoms with Gasteiger partial charge in [0.25, 0.3) is 11.8 Å². The van der Waals surface area contributed by atoms with Crippen molar-refractivity contribution in [2.45, 2.75) is 6.61 Å². The second-order valence-corrected chi connectivity index (χ2v) is 5.81. The van der Waals surface area contributed by atoms with Crippen LogP contribution < -0.4 is 10.1 Å². The van der Waals surface area contributed by atoms with Gasteiger partial charge in [0, 0.05) is 18.7 Å². The molecule has 1 aliphatic rings. The molecule has 8 heteroatoms. The summed E-state index contributed by atoms with van der Waals surface area (Å²) >= 11 is 0. The van der Waals surface area contributed by atoms with Crippen LogP contribution in [0.3, 0.4) is 0 Å². The van der Waals surface area contributed by atoms with Crippen LogP contribution in [0.2, 0.25) is 0 Å². The quantitative estimate of drug-likeness (QED) is 0.871. The highest BCUT2D eigenvalue weighted by Crippen LogP contribution is 2.21. The molecule has 0 atom stereocenters. The van der Waals surface area contributed by atoms with Crippen LogP contribution in [0.15, 0.2) is 48.5 Å². The van der Waals surface area contributed by atoms with Crippen molar-refractivity contribution in [3.63, 3.8) is 0 Å². The Balaban J connectivity index is 1.77. The molecule has 2 aromatic carbocycles. The molecule has 2 aromatic rings. The number of para-hydroxylation sites is 1. The minimum absolute atomic E-state index is 0.115. The number of amides is 2. The Morgan fingerprint density at radius 3 is 2.56 bits per heavy atom. The number of benzene rings is 2. The van der Waals surface area contributed by atoms with E-state index in [1.807, 2.05) is 0 Å². The first-order valence-corrected chi connectivity index (χ1v) is 8.37. The summed E-state index contributed by atoms with van der Waals surface area (Å²) in [6.07, 6.45) is 0. The third-order valence-corrected chi connectivity index (χ3v) is 4.03. The summed E-state index contributed by atoms with van der Waals surface area (Å²) in [6, 6.07) is 12.1. The molecular weight excluding hydrogens is 358 g/mol. The molecule has 142 valence electrons. The van der Waals surface area contributed by atoms with Crippen LogP contribution in [0, 0.1) is 0 Å². The molecule has 0 saturated carbocycles. The first-order valence-electron chi connectivity index (χ1n) is 8.37. The van der Waals surface area contributed by atoms with Crippen molar-refractivity contribution in [1.82, 2.24) is 4.90 Å². The lowest BCUT2D eigenvalue weighted by Gasteiger charge is -2.27. The molecule has 2 amide bonds. The fourth-order valence-corrected chi connectivity index (χ4v) is 2.72. The number of carbonyl (C=O) groups excluding carboxylic acids is 2. The summed E-state index contributed by atoms with van der Waals surface area (Å²) in [7, 11) is 0. The standard InChI is InChI=1S/C19H18F2N2O4/c20-19(21)27-14-5-3-4-13(12-14)17(24)22-16-7-2-1-6-15(16)18(25)23-8-10-26-11-9-23/h1-7,12,19H,8-11H2,(H,22,24). The van der Waals surface area contributed by atoms with Gasteiger partial charge in [0.05, 0.1) is 24.5 Å². The molecule has 6 nitrogen and oxygen atoms in total. The maximum absolute atomic E-state index is 12.7. The molecule has 1 aliphatic heterocycles. The van der Waals surface area contributed by atoms with Gasteiger partial charge in [-0.1, -0.05) is 18.2 Å². The van der Waals surface area contributed by atoms with Crippen molar-refractivity contribution < 1.29 is 27.8 Å². The number of rotatable bonds is 5. The number of hydrogen-bond donors (Lipinski definition) is 1. The van der Waals surface area contributed by atoms with Gasteiger partial charge in [-0.25, -0.2) is 0 Å². The number of morpholine rings is 1. The summed E-state index contributed by atoms with van der Waals surface area (Å²) in [4.78, 5) is 26.9. The molecule has 27 heavy (non-hydrogen) atoms. The van der Waals surface area contributed by atoms with E-state index in [1.165, 1.54) is 24.3 Å². The van der Waals surface area contributed by atoms with Gasteiger partial charge < -0.3 is 19.7 Å². The number of carbonyl (C=O) groups is 2. The molecule has 1 saturated heterocycles. The fraction of sp³-hybridized carbons (Fsp3) is 0.263. The van der Waals surface area contributed by atoms with Crippen molar-refractivity contribution in [2.24, 2.45) is 0 Å². The largest absolute Gasteiger partial charge is 0.435 e. The number of anilines is 1. The van der Waals surface area contributed by atoms with Crippen LogP contribution in [0.25, 0.3) is 0 Å². The molecule has 1 N–H and O–H groups in total. The normalized spacial score (nSPS) is 14.1. The average molecular weight is 376 g/mol. The van der Waals surface area contributed by atoms with Gasteiger partial charge in [-0.05, 0) is 30.3 Å². The molecule has 0 radical (unpaired) electrons. The minimum Gasteiger partial charge on any atom is -0.435 e. The van der Waals surface area contributed by atoms with Crippen molar-refractivity contribution in [2.75, 3.05) is 31.6 Å². The van der Waals surface area contributed by atoms with Crippen LogP contribution in [-0.2, 0) is 4.74 Å². The van der Waals surface area contributed by atoms with Gasteiger partial charge in [-0.15, -0.1) is 0 Å². The van der Waals surface area contributed by atoms with Crippen molar-refractivity contribution in [1.29, 1.82) is 0 Å². The second-order valence-electron chi connectivity index (χ2n) is 5.81. The molecular formula is C19H18F2N2O4. The van der Waals surface area contributed by atoms with Crippen molar-refractivity contribution in [3.8, 4) is 5.75 Å². The highest BCUT2D eigenvalue weighted by Gasteiger charge is 2.22. The van der Waals surface area contributed by atoms with Crippen molar-refractivity contribution in [3.05, 3.63) is 59.7 Å². The van der Waals surface area contributed by atoms with Gasteiger partial charge in [-0.3, -0.25) is 9.59 Å². The Kier molecular flexibility index (Phi) is 5.97. The summed E-state index contributed by atoms with van der Waals surface area (Å²) < 4.78 is 34.2. The van der Waals surface area contributed by atoms with Gasteiger partial charge in [0.1, 0.15) is 5.75 Å². The Hall–Kier alpha value is -3.00. The lowest BCUT2D eigenvalue weighted by Crippen LogP contribution is -2.41. The number of halogens is 2. The fourth-order valence-electron chi connectivity index (χ4n) is 2.72. The van der Waals surface area contributed by atoms with E-state index in [1.54, 1.807) is 29.2 Å².